The van der Waals surface area contributed by atoms with Gasteiger partial charge in [0, 0.05) is 0 Å². The molecule has 3 aromatic rings. The van der Waals surface area contributed by atoms with Gasteiger partial charge in [-0.05, 0) is 61.0 Å². The molecule has 0 saturated carbocycles. The van der Waals surface area contributed by atoms with E-state index in [-0.39, 0.29) is 35.7 Å². The topological polar surface area (TPSA) is 72.9 Å². The average Bonchev–Trinajstić information content (AvgIpc) is 3.02. The van der Waals surface area contributed by atoms with E-state index in [1.807, 2.05) is 19.1 Å². The number of para-hydroxylation sites is 1. The van der Waals surface area contributed by atoms with Crippen molar-refractivity contribution in [3.63, 3.8) is 0 Å². The van der Waals surface area contributed by atoms with Crippen molar-refractivity contribution >= 4 is 23.5 Å². The number of hydrogen-bond donors (Lipinski definition) is 0. The van der Waals surface area contributed by atoms with Crippen LogP contribution in [0.15, 0.2) is 66.7 Å². The molecule has 7 heteroatoms. The van der Waals surface area contributed by atoms with Gasteiger partial charge in [-0.1, -0.05) is 18.2 Å². The number of amides is 2. The molecule has 0 atom stereocenters. The molecule has 3 aromatic carbocycles. The molecule has 0 bridgehead atoms. The van der Waals surface area contributed by atoms with Crippen molar-refractivity contribution in [2.24, 2.45) is 0 Å². The zero-order valence-electron chi connectivity index (χ0n) is 16.6. The Labute approximate surface area is 177 Å². The first kappa shape index (κ1) is 20.3. The average molecular weight is 419 g/mol. The zero-order chi connectivity index (χ0) is 22.0. The molecular formula is C24H18FNO5. The molecule has 2 amide bonds. The molecule has 0 spiro atoms. The van der Waals surface area contributed by atoms with Gasteiger partial charge < -0.3 is 9.47 Å². The SMILES string of the molecule is Cc1ccccc1N1C(=O)c2ccc(C(=O)OCCOc3ccc(F)cc3)cc2C1=O. The van der Waals surface area contributed by atoms with Gasteiger partial charge in [-0.3, -0.25) is 9.59 Å². The summed E-state index contributed by atoms with van der Waals surface area (Å²) in [5.41, 5.74) is 1.86. The lowest BCUT2D eigenvalue weighted by Crippen LogP contribution is -2.29. The summed E-state index contributed by atoms with van der Waals surface area (Å²) >= 11 is 0. The second-order valence-electron chi connectivity index (χ2n) is 6.93. The minimum atomic E-state index is -0.639. The Morgan fingerprint density at radius 2 is 1.61 bits per heavy atom. The Bertz CT molecular complexity index is 1170. The number of carbonyl (C=O) groups is 3. The van der Waals surface area contributed by atoms with Crippen LogP contribution >= 0.6 is 0 Å². The van der Waals surface area contributed by atoms with Crippen molar-refractivity contribution in [1.29, 1.82) is 0 Å². The van der Waals surface area contributed by atoms with Gasteiger partial charge >= 0.3 is 5.97 Å². The maximum Gasteiger partial charge on any atom is 0.338 e. The Hall–Kier alpha value is -4.00. The van der Waals surface area contributed by atoms with Gasteiger partial charge in [-0.2, -0.15) is 0 Å². The molecule has 0 saturated heterocycles. The summed E-state index contributed by atoms with van der Waals surface area (Å²) in [4.78, 5) is 39.1. The van der Waals surface area contributed by atoms with Crippen molar-refractivity contribution in [2.45, 2.75) is 6.92 Å². The molecule has 0 aromatic heterocycles. The second kappa shape index (κ2) is 8.39. The first-order valence-corrected chi connectivity index (χ1v) is 9.59. The molecule has 4 rings (SSSR count). The van der Waals surface area contributed by atoms with E-state index < -0.39 is 17.8 Å². The van der Waals surface area contributed by atoms with E-state index in [1.54, 1.807) is 12.1 Å². The molecule has 0 radical (unpaired) electrons. The number of nitrogens with zero attached hydrogens (tertiary/aromatic N) is 1. The number of halogens is 1. The Morgan fingerprint density at radius 1 is 0.903 bits per heavy atom. The van der Waals surface area contributed by atoms with Gasteiger partial charge in [0.05, 0.1) is 22.4 Å². The van der Waals surface area contributed by atoms with Crippen LogP contribution in [0.1, 0.15) is 36.6 Å². The summed E-state index contributed by atoms with van der Waals surface area (Å²) in [6.45, 7) is 1.87. The number of carbonyl (C=O) groups excluding carboxylic acids is 3. The second-order valence-corrected chi connectivity index (χ2v) is 6.93. The van der Waals surface area contributed by atoms with E-state index in [4.69, 9.17) is 9.47 Å². The third kappa shape index (κ3) is 4.02. The van der Waals surface area contributed by atoms with E-state index >= 15 is 0 Å². The Kier molecular flexibility index (Phi) is 5.49. The highest BCUT2D eigenvalue weighted by atomic mass is 19.1. The first-order chi connectivity index (χ1) is 15.0. The molecule has 6 nitrogen and oxygen atoms in total. The molecule has 0 fully saturated rings. The molecule has 31 heavy (non-hydrogen) atoms. The highest BCUT2D eigenvalue weighted by Crippen LogP contribution is 2.31. The monoisotopic (exact) mass is 419 g/mol. The van der Waals surface area contributed by atoms with Crippen LogP contribution in [0, 0.1) is 12.7 Å². The zero-order valence-corrected chi connectivity index (χ0v) is 16.6. The number of benzene rings is 3. The number of anilines is 1. The smallest absolute Gasteiger partial charge is 0.338 e. The van der Waals surface area contributed by atoms with Crippen molar-refractivity contribution in [3.8, 4) is 5.75 Å². The van der Waals surface area contributed by atoms with Gasteiger partial charge in [0.1, 0.15) is 24.8 Å². The fourth-order valence-electron chi connectivity index (χ4n) is 3.31. The largest absolute Gasteiger partial charge is 0.490 e. The lowest BCUT2D eigenvalue weighted by atomic mass is 10.1. The number of ether oxygens (including phenoxy) is 2. The molecule has 1 heterocycles. The molecule has 1 aliphatic heterocycles. The van der Waals surface area contributed by atoms with Crippen LogP contribution < -0.4 is 9.64 Å². The lowest BCUT2D eigenvalue weighted by molar-refractivity contribution is 0.0450. The van der Waals surface area contributed by atoms with Crippen molar-refractivity contribution < 1.29 is 28.2 Å². The predicted molar refractivity (Wildman–Crippen MR) is 111 cm³/mol. The van der Waals surface area contributed by atoms with Gasteiger partial charge in [-0.25, -0.2) is 14.1 Å². The number of hydrogen-bond acceptors (Lipinski definition) is 5. The molecule has 0 N–H and O–H groups in total. The molecule has 156 valence electrons. The van der Waals surface area contributed by atoms with E-state index in [1.165, 1.54) is 42.5 Å². The summed E-state index contributed by atoms with van der Waals surface area (Å²) < 4.78 is 23.4. The van der Waals surface area contributed by atoms with Crippen LogP contribution in [0.5, 0.6) is 5.75 Å². The van der Waals surface area contributed by atoms with Crippen LogP contribution in [-0.4, -0.2) is 31.0 Å². The summed E-state index contributed by atoms with van der Waals surface area (Å²) in [5.74, 6) is -1.47. The Balaban J connectivity index is 1.42. The summed E-state index contributed by atoms with van der Waals surface area (Å²) in [6.07, 6.45) is 0. The van der Waals surface area contributed by atoms with Gasteiger partial charge in [0.25, 0.3) is 11.8 Å². The third-order valence-electron chi connectivity index (χ3n) is 4.88. The number of esters is 1. The van der Waals surface area contributed by atoms with Crippen LogP contribution in [0.3, 0.4) is 0 Å². The highest BCUT2D eigenvalue weighted by molar-refractivity contribution is 6.34. The normalized spacial score (nSPS) is 12.6. The minimum Gasteiger partial charge on any atom is -0.490 e. The summed E-state index contributed by atoms with van der Waals surface area (Å²) in [5, 5.41) is 0. The quantitative estimate of drug-likeness (QED) is 0.341. The van der Waals surface area contributed by atoms with Gasteiger partial charge in [-0.15, -0.1) is 0 Å². The molecule has 0 aliphatic carbocycles. The van der Waals surface area contributed by atoms with E-state index in [0.29, 0.717) is 11.4 Å². The van der Waals surface area contributed by atoms with E-state index in [9.17, 15) is 18.8 Å². The predicted octanol–water partition coefficient (Wildman–Crippen LogP) is 4.17. The van der Waals surface area contributed by atoms with E-state index in [2.05, 4.69) is 0 Å². The summed E-state index contributed by atoms with van der Waals surface area (Å²) in [7, 11) is 0. The number of aryl methyl sites for hydroxylation is 1. The first-order valence-electron chi connectivity index (χ1n) is 9.59. The fraction of sp³-hybridized carbons (Fsp3) is 0.125. The van der Waals surface area contributed by atoms with Gasteiger partial charge in [0.2, 0.25) is 0 Å². The molecular weight excluding hydrogens is 401 g/mol. The maximum absolute atomic E-state index is 12.9. The maximum atomic E-state index is 12.9. The lowest BCUT2D eigenvalue weighted by Gasteiger charge is -2.16. The van der Waals surface area contributed by atoms with Crippen LogP contribution in [0.2, 0.25) is 0 Å². The highest BCUT2D eigenvalue weighted by Gasteiger charge is 2.37. The van der Waals surface area contributed by atoms with Crippen molar-refractivity contribution in [2.75, 3.05) is 18.1 Å². The van der Waals surface area contributed by atoms with E-state index in [0.717, 1.165) is 10.5 Å². The fourth-order valence-corrected chi connectivity index (χ4v) is 3.31. The third-order valence-corrected chi connectivity index (χ3v) is 4.88. The minimum absolute atomic E-state index is 0.0322. The number of imide groups is 1. The van der Waals surface area contributed by atoms with Crippen molar-refractivity contribution in [1.82, 2.24) is 0 Å². The summed E-state index contributed by atoms with van der Waals surface area (Å²) in [6, 6.07) is 16.9. The number of fused-ring (bicyclic) bond motifs is 1. The molecule has 1 aliphatic rings. The standard InChI is InChI=1S/C24H18FNO5/c1-15-4-2-3-5-21(15)26-22(27)19-11-6-16(14-20(19)23(26)28)24(29)31-13-12-30-18-9-7-17(25)8-10-18/h2-11,14H,12-13H2,1H3. The Morgan fingerprint density at radius 3 is 2.35 bits per heavy atom. The van der Waals surface area contributed by atoms with Gasteiger partial charge in [0.15, 0.2) is 0 Å². The number of rotatable bonds is 6. The molecule has 0 unspecified atom stereocenters. The van der Waals surface area contributed by atoms with Crippen LogP contribution in [-0.2, 0) is 4.74 Å². The van der Waals surface area contributed by atoms with Crippen LogP contribution in [0.25, 0.3) is 0 Å². The van der Waals surface area contributed by atoms with Crippen molar-refractivity contribution in [3.05, 3.63) is 94.8 Å². The van der Waals surface area contributed by atoms with Crippen LogP contribution in [0.4, 0.5) is 10.1 Å².